The Morgan fingerprint density at radius 2 is 2.07 bits per heavy atom. The van der Waals surface area contributed by atoms with Crippen LogP contribution in [-0.4, -0.2) is 30.5 Å². The van der Waals surface area contributed by atoms with Crippen molar-refractivity contribution in [3.8, 4) is 0 Å². The lowest BCUT2D eigenvalue weighted by molar-refractivity contribution is 0.463. The first-order valence-corrected chi connectivity index (χ1v) is 6.43. The van der Waals surface area contributed by atoms with Crippen LogP contribution in [0.2, 0.25) is 0 Å². The monoisotopic (exact) mass is 228 g/mol. The molecule has 0 atom stereocenters. The molecule has 1 heterocycles. The fourth-order valence-electron chi connectivity index (χ4n) is 1.23. The number of sulfonamides is 1. The van der Waals surface area contributed by atoms with Crippen molar-refractivity contribution in [2.24, 2.45) is 0 Å². The molecule has 0 aliphatic heterocycles. The van der Waals surface area contributed by atoms with Crippen LogP contribution in [-0.2, 0) is 16.6 Å². The number of nitrogens with zero attached hydrogens (tertiary/aromatic N) is 2. The summed E-state index contributed by atoms with van der Waals surface area (Å²) in [4.78, 5) is 4.25. The van der Waals surface area contributed by atoms with Gasteiger partial charge >= 0.3 is 0 Å². The number of rotatable bonds is 4. The van der Waals surface area contributed by atoms with E-state index in [2.05, 4.69) is 4.98 Å². The van der Waals surface area contributed by atoms with Crippen LogP contribution in [0, 0.1) is 6.92 Å². The highest BCUT2D eigenvalue weighted by molar-refractivity contribution is 7.89. The van der Waals surface area contributed by atoms with E-state index in [4.69, 9.17) is 0 Å². The minimum atomic E-state index is -3.12. The second kappa shape index (κ2) is 4.72. The zero-order valence-corrected chi connectivity index (χ0v) is 10.1. The lowest BCUT2D eigenvalue weighted by Gasteiger charge is -2.15. The van der Waals surface area contributed by atoms with Gasteiger partial charge in [0.05, 0.1) is 18.0 Å². The molecular weight excluding hydrogens is 212 g/mol. The summed E-state index contributed by atoms with van der Waals surface area (Å²) in [6.07, 6.45) is 0. The zero-order chi connectivity index (χ0) is 11.5. The van der Waals surface area contributed by atoms with Crippen molar-refractivity contribution in [1.82, 2.24) is 9.29 Å². The number of aryl methyl sites for hydroxylation is 1. The van der Waals surface area contributed by atoms with Gasteiger partial charge in [-0.3, -0.25) is 4.98 Å². The molecule has 0 bridgehead atoms. The average molecular weight is 228 g/mol. The molecule has 15 heavy (non-hydrogen) atoms. The van der Waals surface area contributed by atoms with E-state index in [0.717, 1.165) is 11.4 Å². The molecule has 0 radical (unpaired) electrons. The quantitative estimate of drug-likeness (QED) is 0.777. The SMILES string of the molecule is CCS(=O)(=O)N(C)Cc1cccc(C)n1. The van der Waals surface area contributed by atoms with Gasteiger partial charge in [-0.25, -0.2) is 8.42 Å². The molecule has 0 aromatic carbocycles. The van der Waals surface area contributed by atoms with Crippen molar-refractivity contribution in [3.05, 3.63) is 29.6 Å². The summed E-state index contributed by atoms with van der Waals surface area (Å²) in [6.45, 7) is 3.85. The fourth-order valence-corrected chi connectivity index (χ4v) is 2.00. The van der Waals surface area contributed by atoms with Crippen LogP contribution in [0.4, 0.5) is 0 Å². The van der Waals surface area contributed by atoms with Crippen LogP contribution in [0.5, 0.6) is 0 Å². The number of aromatic nitrogens is 1. The van der Waals surface area contributed by atoms with Crippen LogP contribution in [0.25, 0.3) is 0 Å². The molecule has 1 aromatic heterocycles. The van der Waals surface area contributed by atoms with Crippen LogP contribution in [0.1, 0.15) is 18.3 Å². The van der Waals surface area contributed by atoms with Gasteiger partial charge < -0.3 is 0 Å². The first kappa shape index (κ1) is 12.1. The Labute approximate surface area is 91.0 Å². The molecule has 5 heteroatoms. The number of hydrogen-bond donors (Lipinski definition) is 0. The summed E-state index contributed by atoms with van der Waals surface area (Å²) in [6, 6.07) is 5.59. The Morgan fingerprint density at radius 3 is 2.60 bits per heavy atom. The molecule has 0 spiro atoms. The minimum Gasteiger partial charge on any atom is -0.257 e. The van der Waals surface area contributed by atoms with Gasteiger partial charge in [-0.1, -0.05) is 6.07 Å². The standard InChI is InChI=1S/C10H16N2O2S/c1-4-15(13,14)12(3)8-10-7-5-6-9(2)11-10/h5-7H,4,8H2,1-3H3. The van der Waals surface area contributed by atoms with Gasteiger partial charge in [0.15, 0.2) is 0 Å². The molecule has 0 unspecified atom stereocenters. The summed E-state index contributed by atoms with van der Waals surface area (Å²) >= 11 is 0. The van der Waals surface area contributed by atoms with E-state index < -0.39 is 10.0 Å². The second-order valence-corrected chi connectivity index (χ2v) is 5.79. The van der Waals surface area contributed by atoms with Crippen LogP contribution in [0.3, 0.4) is 0 Å². The van der Waals surface area contributed by atoms with E-state index in [1.54, 1.807) is 14.0 Å². The maximum atomic E-state index is 11.5. The summed E-state index contributed by atoms with van der Waals surface area (Å²) < 4.78 is 24.3. The minimum absolute atomic E-state index is 0.120. The molecule has 84 valence electrons. The lowest BCUT2D eigenvalue weighted by atomic mass is 10.3. The number of hydrogen-bond acceptors (Lipinski definition) is 3. The predicted octanol–water partition coefficient (Wildman–Crippen LogP) is 1.17. The Bertz CT molecular complexity index is 429. The largest absolute Gasteiger partial charge is 0.257 e. The zero-order valence-electron chi connectivity index (χ0n) is 9.27. The molecule has 1 aromatic rings. The highest BCUT2D eigenvalue weighted by Gasteiger charge is 2.15. The first-order chi connectivity index (χ1) is 6.95. The Hall–Kier alpha value is -0.940. The molecule has 0 aliphatic carbocycles. The molecular formula is C10H16N2O2S. The first-order valence-electron chi connectivity index (χ1n) is 4.82. The van der Waals surface area contributed by atoms with E-state index in [-0.39, 0.29) is 5.75 Å². The van der Waals surface area contributed by atoms with Crippen LogP contribution in [0.15, 0.2) is 18.2 Å². The highest BCUT2D eigenvalue weighted by Crippen LogP contribution is 2.05. The van der Waals surface area contributed by atoms with E-state index >= 15 is 0 Å². The summed E-state index contributed by atoms with van der Waals surface area (Å²) in [5.41, 5.74) is 1.67. The van der Waals surface area contributed by atoms with Gasteiger partial charge in [0.25, 0.3) is 0 Å². The highest BCUT2D eigenvalue weighted by atomic mass is 32.2. The molecule has 0 aliphatic rings. The molecule has 0 saturated carbocycles. The Balaban J connectivity index is 2.79. The van der Waals surface area contributed by atoms with E-state index in [1.165, 1.54) is 4.31 Å². The van der Waals surface area contributed by atoms with Gasteiger partial charge in [-0.2, -0.15) is 4.31 Å². The molecule has 0 fully saturated rings. The maximum Gasteiger partial charge on any atom is 0.213 e. The third kappa shape index (κ3) is 3.28. The molecule has 0 amide bonds. The van der Waals surface area contributed by atoms with Gasteiger partial charge in [-0.15, -0.1) is 0 Å². The summed E-state index contributed by atoms with van der Waals surface area (Å²) in [7, 11) is -1.54. The topological polar surface area (TPSA) is 50.3 Å². The van der Waals surface area contributed by atoms with E-state index in [1.807, 2.05) is 25.1 Å². The lowest BCUT2D eigenvalue weighted by Crippen LogP contribution is -2.28. The van der Waals surface area contributed by atoms with Crippen molar-refractivity contribution in [1.29, 1.82) is 0 Å². The third-order valence-electron chi connectivity index (χ3n) is 2.17. The van der Waals surface area contributed by atoms with Crippen LogP contribution >= 0.6 is 0 Å². The third-order valence-corrected chi connectivity index (χ3v) is 3.98. The predicted molar refractivity (Wildman–Crippen MR) is 59.9 cm³/mol. The van der Waals surface area contributed by atoms with E-state index in [0.29, 0.717) is 6.54 Å². The summed E-state index contributed by atoms with van der Waals surface area (Å²) in [5, 5.41) is 0. The van der Waals surface area contributed by atoms with Crippen molar-refractivity contribution in [2.75, 3.05) is 12.8 Å². The fraction of sp³-hybridized carbons (Fsp3) is 0.500. The smallest absolute Gasteiger partial charge is 0.213 e. The van der Waals surface area contributed by atoms with E-state index in [9.17, 15) is 8.42 Å². The van der Waals surface area contributed by atoms with Crippen LogP contribution < -0.4 is 0 Å². The number of pyridine rings is 1. The maximum absolute atomic E-state index is 11.5. The van der Waals surface area contributed by atoms with Gasteiger partial charge in [-0.05, 0) is 26.0 Å². The molecule has 4 nitrogen and oxygen atoms in total. The average Bonchev–Trinajstić information content (AvgIpc) is 2.17. The normalized spacial score (nSPS) is 12.0. The van der Waals surface area contributed by atoms with Crippen molar-refractivity contribution >= 4 is 10.0 Å². The second-order valence-electron chi connectivity index (χ2n) is 3.43. The Kier molecular flexibility index (Phi) is 3.82. The Morgan fingerprint density at radius 1 is 1.40 bits per heavy atom. The van der Waals surface area contributed by atoms with Crippen molar-refractivity contribution in [3.63, 3.8) is 0 Å². The van der Waals surface area contributed by atoms with Crippen molar-refractivity contribution < 1.29 is 8.42 Å². The van der Waals surface area contributed by atoms with Gasteiger partial charge in [0.1, 0.15) is 0 Å². The molecule has 0 saturated heterocycles. The molecule has 0 N–H and O–H groups in total. The summed E-state index contributed by atoms with van der Waals surface area (Å²) in [5.74, 6) is 0.120. The van der Waals surface area contributed by atoms with Gasteiger partial charge in [0.2, 0.25) is 10.0 Å². The van der Waals surface area contributed by atoms with Crippen molar-refractivity contribution in [2.45, 2.75) is 20.4 Å². The molecule has 1 rings (SSSR count). The van der Waals surface area contributed by atoms with Gasteiger partial charge in [0, 0.05) is 12.7 Å².